The van der Waals surface area contributed by atoms with Crippen LogP contribution in [-0.2, 0) is 14.3 Å². The third kappa shape index (κ3) is 3.25. The topological polar surface area (TPSA) is 59.1 Å². The highest BCUT2D eigenvalue weighted by Crippen LogP contribution is 2.44. The highest BCUT2D eigenvalue weighted by atomic mass is 16.6. The quantitative estimate of drug-likeness (QED) is 0.681. The van der Waals surface area contributed by atoms with Crippen LogP contribution in [0.2, 0.25) is 0 Å². The van der Waals surface area contributed by atoms with E-state index in [2.05, 4.69) is 0 Å². The van der Waals surface area contributed by atoms with E-state index < -0.39 is 11.2 Å². The molecule has 2 heterocycles. The molecule has 136 valence electrons. The van der Waals surface area contributed by atoms with Gasteiger partial charge in [-0.05, 0) is 59.3 Å². The average molecular weight is 338 g/mol. The largest absolute Gasteiger partial charge is 0.444 e. The summed E-state index contributed by atoms with van der Waals surface area (Å²) in [5.41, 5.74) is -1.40. The summed E-state index contributed by atoms with van der Waals surface area (Å²) >= 11 is 0. The number of carbonyl (C=O) groups excluding carboxylic acids is 2. The van der Waals surface area contributed by atoms with Gasteiger partial charge in [-0.15, -0.1) is 0 Å². The molecule has 2 spiro atoms. The Bertz CT molecular complexity index is 512. The molecule has 3 aliphatic rings. The number of likely N-dealkylation sites (N-methyl/N-ethyl adjacent to an activating group) is 1. The first-order valence-electron chi connectivity index (χ1n) is 9.09. The zero-order chi connectivity index (χ0) is 17.6. The van der Waals surface area contributed by atoms with Crippen molar-refractivity contribution in [1.82, 2.24) is 9.80 Å². The van der Waals surface area contributed by atoms with Crippen molar-refractivity contribution >= 4 is 12.0 Å². The molecule has 6 nitrogen and oxygen atoms in total. The van der Waals surface area contributed by atoms with Crippen LogP contribution in [0, 0.1) is 0 Å². The first-order valence-corrected chi connectivity index (χ1v) is 9.09. The molecular formula is C18H30N2O4. The molecule has 3 fully saturated rings. The lowest BCUT2D eigenvalue weighted by Crippen LogP contribution is -2.65. The van der Waals surface area contributed by atoms with Gasteiger partial charge >= 0.3 is 6.09 Å². The van der Waals surface area contributed by atoms with Crippen LogP contribution < -0.4 is 0 Å². The summed E-state index contributed by atoms with van der Waals surface area (Å²) in [6.07, 6.45) is 5.02. The molecular weight excluding hydrogens is 308 g/mol. The van der Waals surface area contributed by atoms with Gasteiger partial charge in [0.15, 0.2) is 0 Å². The van der Waals surface area contributed by atoms with Crippen LogP contribution in [-0.4, -0.2) is 65.3 Å². The maximum atomic E-state index is 12.6. The average Bonchev–Trinajstić information content (AvgIpc) is 2.93. The van der Waals surface area contributed by atoms with E-state index in [1.54, 1.807) is 4.90 Å². The van der Waals surface area contributed by atoms with Gasteiger partial charge in [-0.1, -0.05) is 0 Å². The number of amides is 2. The third-order valence-corrected chi connectivity index (χ3v) is 5.41. The van der Waals surface area contributed by atoms with Crippen molar-refractivity contribution in [2.75, 3.05) is 26.7 Å². The van der Waals surface area contributed by atoms with E-state index >= 15 is 0 Å². The maximum Gasteiger partial charge on any atom is 0.410 e. The number of carbonyl (C=O) groups is 2. The maximum absolute atomic E-state index is 12.6. The van der Waals surface area contributed by atoms with E-state index in [0.717, 1.165) is 38.5 Å². The predicted molar refractivity (Wildman–Crippen MR) is 89.7 cm³/mol. The Morgan fingerprint density at radius 3 is 2.25 bits per heavy atom. The predicted octanol–water partition coefficient (Wildman–Crippen LogP) is 2.56. The summed E-state index contributed by atoms with van der Waals surface area (Å²) in [7, 11) is 1.88. The first kappa shape index (κ1) is 17.5. The van der Waals surface area contributed by atoms with Crippen LogP contribution in [0.15, 0.2) is 0 Å². The van der Waals surface area contributed by atoms with E-state index in [-0.39, 0.29) is 17.6 Å². The Kier molecular flexibility index (Phi) is 4.31. The number of likely N-dealkylation sites (tertiary alicyclic amines) is 1. The minimum atomic E-state index is -0.610. The summed E-state index contributed by atoms with van der Waals surface area (Å²) in [5.74, 6) is 0.139. The fourth-order valence-electron chi connectivity index (χ4n) is 4.29. The summed E-state index contributed by atoms with van der Waals surface area (Å²) in [5, 5.41) is 0. The number of rotatable bonds is 0. The molecule has 1 saturated carbocycles. The molecule has 2 saturated heterocycles. The summed E-state index contributed by atoms with van der Waals surface area (Å²) in [4.78, 5) is 28.5. The lowest BCUT2D eigenvalue weighted by Gasteiger charge is -2.52. The molecule has 0 aromatic carbocycles. The third-order valence-electron chi connectivity index (χ3n) is 5.41. The van der Waals surface area contributed by atoms with Crippen molar-refractivity contribution in [3.8, 4) is 0 Å². The van der Waals surface area contributed by atoms with Crippen molar-refractivity contribution in [1.29, 1.82) is 0 Å². The fraction of sp³-hybridized carbons (Fsp3) is 0.889. The number of morpholine rings is 1. The van der Waals surface area contributed by atoms with Crippen molar-refractivity contribution in [2.45, 2.75) is 76.1 Å². The normalized spacial score (nSPS) is 26.2. The molecule has 1 aliphatic carbocycles. The molecule has 0 unspecified atom stereocenters. The van der Waals surface area contributed by atoms with Crippen LogP contribution in [0.5, 0.6) is 0 Å². The van der Waals surface area contributed by atoms with Crippen LogP contribution in [0.25, 0.3) is 0 Å². The lowest BCUT2D eigenvalue weighted by molar-refractivity contribution is -0.220. The van der Waals surface area contributed by atoms with Gasteiger partial charge in [0.1, 0.15) is 11.2 Å². The first-order chi connectivity index (χ1) is 11.1. The molecule has 0 aromatic rings. The Hall–Kier alpha value is -1.30. The Morgan fingerprint density at radius 1 is 1.12 bits per heavy atom. The minimum Gasteiger partial charge on any atom is -0.444 e. The van der Waals surface area contributed by atoms with Gasteiger partial charge in [-0.25, -0.2) is 4.79 Å². The molecule has 0 aromatic heterocycles. The summed E-state index contributed by atoms with van der Waals surface area (Å²) in [6, 6.07) is 0. The van der Waals surface area contributed by atoms with E-state index in [9.17, 15) is 9.59 Å². The highest BCUT2D eigenvalue weighted by molar-refractivity contribution is 5.86. The number of ether oxygens (including phenoxy) is 2. The smallest absolute Gasteiger partial charge is 0.410 e. The van der Waals surface area contributed by atoms with Crippen molar-refractivity contribution in [3.05, 3.63) is 0 Å². The molecule has 3 rings (SSSR count). The zero-order valence-electron chi connectivity index (χ0n) is 15.4. The van der Waals surface area contributed by atoms with Crippen LogP contribution in [0.4, 0.5) is 4.79 Å². The molecule has 0 radical (unpaired) electrons. The Balaban J connectivity index is 1.66. The van der Waals surface area contributed by atoms with Crippen molar-refractivity contribution in [2.24, 2.45) is 0 Å². The number of hydrogen-bond donors (Lipinski definition) is 0. The monoisotopic (exact) mass is 338 g/mol. The van der Waals surface area contributed by atoms with Crippen LogP contribution in [0.1, 0.15) is 59.3 Å². The molecule has 2 aliphatic heterocycles. The number of nitrogens with zero attached hydrogens (tertiary/aromatic N) is 2. The number of hydrogen-bond acceptors (Lipinski definition) is 4. The van der Waals surface area contributed by atoms with Gasteiger partial charge in [0.2, 0.25) is 0 Å². The summed E-state index contributed by atoms with van der Waals surface area (Å²) < 4.78 is 12.0. The van der Waals surface area contributed by atoms with E-state index in [4.69, 9.17) is 9.47 Å². The lowest BCUT2D eigenvalue weighted by atomic mass is 9.85. The second kappa shape index (κ2) is 5.90. The van der Waals surface area contributed by atoms with Crippen LogP contribution in [0.3, 0.4) is 0 Å². The SMILES string of the molecule is CN1CC2(CCN(C(=O)OC(C)(C)C)CC2)OC2(CCCC2)C1=O. The van der Waals surface area contributed by atoms with E-state index in [0.29, 0.717) is 19.6 Å². The molecule has 2 amide bonds. The van der Waals surface area contributed by atoms with Gasteiger partial charge in [-0.2, -0.15) is 0 Å². The Morgan fingerprint density at radius 2 is 1.71 bits per heavy atom. The molecule has 0 N–H and O–H groups in total. The standard InChI is InChI=1S/C18H30N2O4/c1-16(2,3)23-15(22)20-11-9-17(10-12-20)13-19(4)14(21)18(24-17)7-5-6-8-18/h5-13H2,1-4H3. The number of piperidine rings is 1. The van der Waals surface area contributed by atoms with E-state index in [1.165, 1.54) is 0 Å². The second-order valence-electron chi connectivity index (χ2n) is 8.62. The molecule has 0 bridgehead atoms. The van der Waals surface area contributed by atoms with Gasteiger partial charge < -0.3 is 19.3 Å². The molecule has 6 heteroatoms. The summed E-state index contributed by atoms with van der Waals surface area (Å²) in [6.45, 7) is 7.50. The van der Waals surface area contributed by atoms with E-state index in [1.807, 2.05) is 32.7 Å². The van der Waals surface area contributed by atoms with Crippen LogP contribution >= 0.6 is 0 Å². The highest BCUT2D eigenvalue weighted by Gasteiger charge is 2.55. The Labute approximate surface area is 144 Å². The van der Waals surface area contributed by atoms with Gasteiger partial charge in [0, 0.05) is 26.7 Å². The minimum absolute atomic E-state index is 0.139. The molecule has 0 atom stereocenters. The van der Waals surface area contributed by atoms with Gasteiger partial charge in [0.05, 0.1) is 5.60 Å². The van der Waals surface area contributed by atoms with Gasteiger partial charge in [0.25, 0.3) is 5.91 Å². The molecule has 24 heavy (non-hydrogen) atoms. The second-order valence-corrected chi connectivity index (χ2v) is 8.62. The van der Waals surface area contributed by atoms with Gasteiger partial charge in [-0.3, -0.25) is 4.79 Å². The van der Waals surface area contributed by atoms with Crippen molar-refractivity contribution < 1.29 is 19.1 Å². The van der Waals surface area contributed by atoms with Crippen molar-refractivity contribution in [3.63, 3.8) is 0 Å². The zero-order valence-corrected chi connectivity index (χ0v) is 15.4. The fourth-order valence-corrected chi connectivity index (χ4v) is 4.29.